The third-order valence-electron chi connectivity index (χ3n) is 2.25. The monoisotopic (exact) mass is 220 g/mol. The number of hydrogen-bond acceptors (Lipinski definition) is 2. The highest BCUT2D eigenvalue weighted by Gasteiger charge is 2.15. The Morgan fingerprint density at radius 2 is 2.45 bits per heavy atom. The molecule has 1 heterocycles. The van der Waals surface area contributed by atoms with E-state index in [1.807, 2.05) is 0 Å². The standard InChI is InChI=1S/C8H17BrN2/c1-11-4-2-3-8(6-11)5-10-7-9/h8,10H,2-7H2,1H3. The van der Waals surface area contributed by atoms with Crippen LogP contribution in [0.1, 0.15) is 12.8 Å². The first-order chi connectivity index (χ1) is 5.33. The first kappa shape index (κ1) is 9.49. The van der Waals surface area contributed by atoms with Crippen LogP contribution in [0.25, 0.3) is 0 Å². The Morgan fingerprint density at radius 1 is 1.64 bits per heavy atom. The van der Waals surface area contributed by atoms with Gasteiger partial charge in [0.25, 0.3) is 0 Å². The van der Waals surface area contributed by atoms with Gasteiger partial charge in [0.1, 0.15) is 0 Å². The van der Waals surface area contributed by atoms with Gasteiger partial charge in [-0.2, -0.15) is 0 Å². The van der Waals surface area contributed by atoms with E-state index in [0.29, 0.717) is 0 Å². The van der Waals surface area contributed by atoms with Gasteiger partial charge in [0.2, 0.25) is 0 Å². The summed E-state index contributed by atoms with van der Waals surface area (Å²) in [5.74, 6) is 0.867. The first-order valence-electron chi connectivity index (χ1n) is 4.28. The molecule has 1 rings (SSSR count). The van der Waals surface area contributed by atoms with E-state index in [9.17, 15) is 0 Å². The maximum atomic E-state index is 3.37. The lowest BCUT2D eigenvalue weighted by Gasteiger charge is -2.29. The molecule has 1 aliphatic heterocycles. The fourth-order valence-electron chi connectivity index (χ4n) is 1.70. The molecule has 66 valence electrons. The number of nitrogens with zero attached hydrogens (tertiary/aromatic N) is 1. The molecule has 1 unspecified atom stereocenters. The Balaban J connectivity index is 2.12. The molecule has 0 aromatic carbocycles. The Hall–Kier alpha value is 0.400. The van der Waals surface area contributed by atoms with Gasteiger partial charge in [-0.1, -0.05) is 15.9 Å². The average Bonchev–Trinajstić information content (AvgIpc) is 2.01. The number of nitrogens with one attached hydrogen (secondary N) is 1. The van der Waals surface area contributed by atoms with Crippen molar-refractivity contribution < 1.29 is 0 Å². The Morgan fingerprint density at radius 3 is 3.09 bits per heavy atom. The number of piperidine rings is 1. The topological polar surface area (TPSA) is 15.3 Å². The molecule has 0 amide bonds. The van der Waals surface area contributed by atoms with Crippen LogP contribution in [-0.2, 0) is 0 Å². The van der Waals surface area contributed by atoms with Crippen molar-refractivity contribution in [2.24, 2.45) is 5.92 Å². The summed E-state index contributed by atoms with van der Waals surface area (Å²) in [6, 6.07) is 0. The molecule has 1 N–H and O–H groups in total. The number of halogens is 1. The lowest BCUT2D eigenvalue weighted by Crippen LogP contribution is -2.37. The zero-order valence-corrected chi connectivity index (χ0v) is 8.73. The summed E-state index contributed by atoms with van der Waals surface area (Å²) in [6.45, 7) is 3.71. The highest BCUT2D eigenvalue weighted by molar-refractivity contribution is 9.09. The van der Waals surface area contributed by atoms with Crippen LogP contribution in [0.5, 0.6) is 0 Å². The fourth-order valence-corrected chi connectivity index (χ4v) is 1.93. The van der Waals surface area contributed by atoms with Crippen LogP contribution in [0.15, 0.2) is 0 Å². The van der Waals surface area contributed by atoms with Crippen molar-refractivity contribution in [3.63, 3.8) is 0 Å². The summed E-state index contributed by atoms with van der Waals surface area (Å²) >= 11 is 3.37. The van der Waals surface area contributed by atoms with Gasteiger partial charge in [0.05, 0.1) is 5.45 Å². The number of likely N-dealkylation sites (tertiary alicyclic amines) is 1. The molecule has 0 bridgehead atoms. The number of rotatable bonds is 3. The highest BCUT2D eigenvalue weighted by Crippen LogP contribution is 2.13. The lowest BCUT2D eigenvalue weighted by molar-refractivity contribution is 0.208. The van der Waals surface area contributed by atoms with Gasteiger partial charge < -0.3 is 10.2 Å². The van der Waals surface area contributed by atoms with Crippen molar-refractivity contribution in [2.75, 3.05) is 32.1 Å². The molecule has 1 fully saturated rings. The van der Waals surface area contributed by atoms with Gasteiger partial charge in [-0.3, -0.25) is 0 Å². The molecule has 3 heteroatoms. The molecular formula is C8H17BrN2. The predicted molar refractivity (Wildman–Crippen MR) is 52.0 cm³/mol. The minimum Gasteiger partial charge on any atom is -0.307 e. The van der Waals surface area contributed by atoms with Crippen LogP contribution in [-0.4, -0.2) is 37.0 Å². The Bertz CT molecular complexity index is 108. The normalized spacial score (nSPS) is 27.3. The second-order valence-electron chi connectivity index (χ2n) is 3.36. The number of hydrogen-bond donors (Lipinski definition) is 1. The first-order valence-corrected chi connectivity index (χ1v) is 5.40. The second-order valence-corrected chi connectivity index (χ2v) is 3.92. The molecule has 1 atom stereocenters. The molecule has 0 aromatic rings. The van der Waals surface area contributed by atoms with Crippen LogP contribution in [0, 0.1) is 5.92 Å². The highest BCUT2D eigenvalue weighted by atomic mass is 79.9. The molecule has 0 aliphatic carbocycles. The third kappa shape index (κ3) is 3.54. The fraction of sp³-hybridized carbons (Fsp3) is 1.00. The van der Waals surface area contributed by atoms with Crippen molar-refractivity contribution in [3.05, 3.63) is 0 Å². The van der Waals surface area contributed by atoms with E-state index in [4.69, 9.17) is 0 Å². The third-order valence-corrected chi connectivity index (χ3v) is 2.65. The van der Waals surface area contributed by atoms with E-state index in [1.165, 1.54) is 25.9 Å². The van der Waals surface area contributed by atoms with Crippen LogP contribution in [0.2, 0.25) is 0 Å². The average molecular weight is 221 g/mol. The van der Waals surface area contributed by atoms with Crippen LogP contribution in [0.4, 0.5) is 0 Å². The quantitative estimate of drug-likeness (QED) is 0.570. The SMILES string of the molecule is CN1CCCC(CNCBr)C1. The van der Waals surface area contributed by atoms with E-state index in [0.717, 1.165) is 17.9 Å². The van der Waals surface area contributed by atoms with Gasteiger partial charge >= 0.3 is 0 Å². The maximum absolute atomic E-state index is 3.37. The largest absolute Gasteiger partial charge is 0.307 e. The zero-order valence-electron chi connectivity index (χ0n) is 7.15. The molecule has 1 aliphatic rings. The Kier molecular flexibility index (Phi) is 4.41. The van der Waals surface area contributed by atoms with Crippen molar-refractivity contribution in [1.82, 2.24) is 10.2 Å². The summed E-state index contributed by atoms with van der Waals surface area (Å²) in [4.78, 5) is 2.42. The lowest BCUT2D eigenvalue weighted by atomic mass is 9.99. The zero-order chi connectivity index (χ0) is 8.10. The van der Waals surface area contributed by atoms with Crippen LogP contribution < -0.4 is 5.32 Å². The van der Waals surface area contributed by atoms with Crippen molar-refractivity contribution in [3.8, 4) is 0 Å². The molecular weight excluding hydrogens is 204 g/mol. The molecule has 0 spiro atoms. The van der Waals surface area contributed by atoms with E-state index in [2.05, 4.69) is 33.2 Å². The molecule has 0 saturated carbocycles. The minimum absolute atomic E-state index is 0.867. The van der Waals surface area contributed by atoms with Gasteiger partial charge in [0, 0.05) is 6.54 Å². The van der Waals surface area contributed by atoms with Gasteiger partial charge in [0.15, 0.2) is 0 Å². The summed E-state index contributed by atoms with van der Waals surface area (Å²) in [5.41, 5.74) is 0.924. The van der Waals surface area contributed by atoms with E-state index in [1.54, 1.807) is 0 Å². The molecule has 2 nitrogen and oxygen atoms in total. The summed E-state index contributed by atoms with van der Waals surface area (Å²) in [7, 11) is 2.21. The van der Waals surface area contributed by atoms with Crippen LogP contribution in [0.3, 0.4) is 0 Å². The second kappa shape index (κ2) is 5.12. The van der Waals surface area contributed by atoms with Crippen LogP contribution >= 0.6 is 15.9 Å². The van der Waals surface area contributed by atoms with Crippen molar-refractivity contribution in [2.45, 2.75) is 12.8 Å². The molecule has 11 heavy (non-hydrogen) atoms. The maximum Gasteiger partial charge on any atom is 0.0517 e. The van der Waals surface area contributed by atoms with E-state index >= 15 is 0 Å². The Labute approximate surface area is 77.5 Å². The molecule has 0 radical (unpaired) electrons. The molecule has 0 aromatic heterocycles. The van der Waals surface area contributed by atoms with E-state index in [-0.39, 0.29) is 0 Å². The molecule has 1 saturated heterocycles. The predicted octanol–water partition coefficient (Wildman–Crippen LogP) is 1.27. The smallest absolute Gasteiger partial charge is 0.0517 e. The van der Waals surface area contributed by atoms with Crippen molar-refractivity contribution >= 4 is 15.9 Å². The summed E-state index contributed by atoms with van der Waals surface area (Å²) < 4.78 is 0. The van der Waals surface area contributed by atoms with Gasteiger partial charge in [-0.25, -0.2) is 0 Å². The van der Waals surface area contributed by atoms with E-state index < -0.39 is 0 Å². The van der Waals surface area contributed by atoms with Gasteiger partial charge in [-0.15, -0.1) is 0 Å². The van der Waals surface area contributed by atoms with Gasteiger partial charge in [-0.05, 0) is 38.9 Å². The summed E-state index contributed by atoms with van der Waals surface area (Å²) in [5, 5.41) is 3.33. The minimum atomic E-state index is 0.867. The van der Waals surface area contributed by atoms with Crippen molar-refractivity contribution in [1.29, 1.82) is 0 Å². The number of alkyl halides is 1. The summed E-state index contributed by atoms with van der Waals surface area (Å²) in [6.07, 6.45) is 2.76.